The zero-order valence-corrected chi connectivity index (χ0v) is 14.9. The molecule has 0 aromatic carbocycles. The third kappa shape index (κ3) is 3.82. The fraction of sp³-hybridized carbons (Fsp3) is 0.933. The van der Waals surface area contributed by atoms with Gasteiger partial charge in [-0.1, -0.05) is 0 Å². The Morgan fingerprint density at radius 3 is 2.07 bits per heavy atom. The first-order valence-electron chi connectivity index (χ1n) is 8.40. The normalized spacial score (nSPS) is 48.3. The number of carbonyl (C=O) groups is 1. The van der Waals surface area contributed by atoms with Crippen LogP contribution < -0.4 is 5.32 Å². The van der Waals surface area contributed by atoms with Crippen LogP contribution in [0, 0.1) is 0 Å². The molecule has 1 amide bonds. The van der Waals surface area contributed by atoms with Gasteiger partial charge in [0.2, 0.25) is 5.91 Å². The summed E-state index contributed by atoms with van der Waals surface area (Å²) in [4.78, 5) is 11.5. The van der Waals surface area contributed by atoms with E-state index in [4.69, 9.17) is 14.2 Å². The lowest BCUT2D eigenvalue weighted by molar-refractivity contribution is -0.374. The van der Waals surface area contributed by atoms with E-state index in [2.05, 4.69) is 5.32 Å². The minimum absolute atomic E-state index is 0.639. The van der Waals surface area contributed by atoms with Gasteiger partial charge in [0, 0.05) is 14.0 Å². The van der Waals surface area contributed by atoms with Gasteiger partial charge < -0.3 is 55.3 Å². The first-order chi connectivity index (χ1) is 12.6. The molecule has 2 heterocycles. The minimum atomic E-state index is -2.54. The molecule has 158 valence electrons. The molecule has 8 N–H and O–H groups in total. The maximum Gasteiger partial charge on any atom is 0.217 e. The predicted octanol–water partition coefficient (Wildman–Crippen LogP) is -5.21. The van der Waals surface area contributed by atoms with Gasteiger partial charge in [0.25, 0.3) is 0 Å². The van der Waals surface area contributed by atoms with E-state index in [1.807, 2.05) is 0 Å². The second-order valence-corrected chi connectivity index (χ2v) is 6.73. The Bertz CT molecular complexity index is 518. The molecule has 12 nitrogen and oxygen atoms in total. The molecule has 0 spiro atoms. The van der Waals surface area contributed by atoms with Crippen LogP contribution in [-0.2, 0) is 19.0 Å². The molecule has 0 bridgehead atoms. The van der Waals surface area contributed by atoms with Gasteiger partial charge in [0.05, 0.1) is 19.3 Å². The van der Waals surface area contributed by atoms with E-state index in [0.29, 0.717) is 0 Å². The Morgan fingerprint density at radius 1 is 1.04 bits per heavy atom. The van der Waals surface area contributed by atoms with Crippen LogP contribution in [0.3, 0.4) is 0 Å². The van der Waals surface area contributed by atoms with Crippen molar-refractivity contribution in [3.63, 3.8) is 0 Å². The SMILES string of the molecule is CO[C@H]1O[C@H](CO)[C@H](O)[C@H](O)[C@]1(O)[C@@H]1O[C@H](CO)[C@@H](O)[C@H](O)[C@@H]1NC(C)=O. The number of carbonyl (C=O) groups excluding carboxylic acids is 1. The summed E-state index contributed by atoms with van der Waals surface area (Å²) in [5.74, 6) is -0.639. The second kappa shape index (κ2) is 8.61. The molecule has 0 radical (unpaired) electrons. The van der Waals surface area contributed by atoms with Crippen LogP contribution in [0.25, 0.3) is 0 Å². The first-order valence-corrected chi connectivity index (χ1v) is 8.40. The van der Waals surface area contributed by atoms with Crippen molar-refractivity contribution in [2.75, 3.05) is 20.3 Å². The van der Waals surface area contributed by atoms with E-state index < -0.39 is 79.8 Å². The van der Waals surface area contributed by atoms with Crippen molar-refractivity contribution in [3.8, 4) is 0 Å². The Hall–Kier alpha value is -0.930. The van der Waals surface area contributed by atoms with Crippen molar-refractivity contribution in [1.29, 1.82) is 0 Å². The van der Waals surface area contributed by atoms with Crippen molar-refractivity contribution in [3.05, 3.63) is 0 Å². The fourth-order valence-electron chi connectivity index (χ4n) is 3.57. The summed E-state index contributed by atoms with van der Waals surface area (Å²) in [5.41, 5.74) is -2.54. The molecule has 0 unspecified atom stereocenters. The average Bonchev–Trinajstić information content (AvgIpc) is 2.64. The molecule has 2 aliphatic heterocycles. The van der Waals surface area contributed by atoms with Crippen molar-refractivity contribution < 1.29 is 54.8 Å². The zero-order valence-electron chi connectivity index (χ0n) is 14.9. The molecule has 2 saturated heterocycles. The molecule has 2 rings (SSSR count). The number of aliphatic hydroxyl groups excluding tert-OH is 6. The van der Waals surface area contributed by atoms with Crippen LogP contribution in [0.15, 0.2) is 0 Å². The minimum Gasteiger partial charge on any atom is -0.394 e. The molecule has 2 aliphatic rings. The van der Waals surface area contributed by atoms with E-state index in [-0.39, 0.29) is 0 Å². The number of ether oxygens (including phenoxy) is 3. The Balaban J connectivity index is 2.48. The molecule has 0 saturated carbocycles. The van der Waals surface area contributed by atoms with Crippen molar-refractivity contribution in [2.24, 2.45) is 0 Å². The Labute approximate surface area is 154 Å². The van der Waals surface area contributed by atoms with E-state index in [0.717, 1.165) is 14.0 Å². The molecule has 27 heavy (non-hydrogen) atoms. The monoisotopic (exact) mass is 397 g/mol. The molecule has 2 fully saturated rings. The van der Waals surface area contributed by atoms with Gasteiger partial charge in [-0.15, -0.1) is 0 Å². The molecule has 0 aromatic rings. The Morgan fingerprint density at radius 2 is 1.59 bits per heavy atom. The van der Waals surface area contributed by atoms with Gasteiger partial charge in [0.15, 0.2) is 11.9 Å². The summed E-state index contributed by atoms with van der Waals surface area (Å²) in [6, 6.07) is -1.45. The van der Waals surface area contributed by atoms with Gasteiger partial charge in [-0.05, 0) is 0 Å². The van der Waals surface area contributed by atoms with Gasteiger partial charge in [0.1, 0.15) is 42.7 Å². The molecule has 0 aliphatic carbocycles. The lowest BCUT2D eigenvalue weighted by Gasteiger charge is -2.55. The van der Waals surface area contributed by atoms with E-state index in [1.54, 1.807) is 0 Å². The second-order valence-electron chi connectivity index (χ2n) is 6.73. The van der Waals surface area contributed by atoms with E-state index in [1.165, 1.54) is 0 Å². The Kier molecular flexibility index (Phi) is 7.13. The van der Waals surface area contributed by atoms with Crippen molar-refractivity contribution >= 4 is 5.91 Å². The summed E-state index contributed by atoms with van der Waals surface area (Å²) >= 11 is 0. The van der Waals surface area contributed by atoms with E-state index >= 15 is 0 Å². The number of methoxy groups -OCH3 is 1. The van der Waals surface area contributed by atoms with Gasteiger partial charge in [-0.25, -0.2) is 0 Å². The summed E-state index contributed by atoms with van der Waals surface area (Å²) in [6.45, 7) is -0.306. The molecule has 0 aromatic heterocycles. The van der Waals surface area contributed by atoms with E-state index in [9.17, 15) is 40.5 Å². The summed E-state index contributed by atoms with van der Waals surface area (Å²) in [6.07, 6.45) is -13.0. The topological polar surface area (TPSA) is 198 Å². The zero-order chi connectivity index (χ0) is 20.5. The number of hydrogen-bond donors (Lipinski definition) is 8. The molecule has 10 atom stereocenters. The quantitative estimate of drug-likeness (QED) is 0.220. The fourth-order valence-corrected chi connectivity index (χ4v) is 3.57. The lowest BCUT2D eigenvalue weighted by atomic mass is 9.75. The summed E-state index contributed by atoms with van der Waals surface area (Å²) < 4.78 is 15.8. The molecular weight excluding hydrogens is 370 g/mol. The predicted molar refractivity (Wildman–Crippen MR) is 85.1 cm³/mol. The average molecular weight is 397 g/mol. The van der Waals surface area contributed by atoms with Gasteiger partial charge in [-0.3, -0.25) is 4.79 Å². The highest BCUT2D eigenvalue weighted by Gasteiger charge is 2.64. The lowest BCUT2D eigenvalue weighted by Crippen LogP contribution is -2.78. The van der Waals surface area contributed by atoms with Crippen LogP contribution in [0.5, 0.6) is 0 Å². The van der Waals surface area contributed by atoms with Gasteiger partial charge >= 0.3 is 0 Å². The highest BCUT2D eigenvalue weighted by atomic mass is 16.7. The number of amides is 1. The largest absolute Gasteiger partial charge is 0.394 e. The number of rotatable bonds is 5. The van der Waals surface area contributed by atoms with Crippen LogP contribution in [0.2, 0.25) is 0 Å². The first kappa shape index (κ1) is 22.4. The van der Waals surface area contributed by atoms with Crippen LogP contribution in [0.4, 0.5) is 0 Å². The van der Waals surface area contributed by atoms with Crippen LogP contribution in [-0.4, -0.2) is 123 Å². The number of aliphatic hydroxyl groups is 7. The third-order valence-corrected chi connectivity index (χ3v) is 5.00. The maximum atomic E-state index is 11.5. The van der Waals surface area contributed by atoms with Gasteiger partial charge in [-0.2, -0.15) is 0 Å². The molecule has 12 heteroatoms. The number of nitrogens with one attached hydrogen (secondary N) is 1. The molecular formula is C15H27NO11. The van der Waals surface area contributed by atoms with Crippen molar-refractivity contribution in [1.82, 2.24) is 5.32 Å². The van der Waals surface area contributed by atoms with Crippen LogP contribution >= 0.6 is 0 Å². The third-order valence-electron chi connectivity index (χ3n) is 5.00. The number of hydrogen-bond acceptors (Lipinski definition) is 11. The highest BCUT2D eigenvalue weighted by molar-refractivity contribution is 5.73. The standard InChI is InChI=1S/C15H27NO11/c1-5(19)16-8-11(22)9(20)6(3-17)26-13(8)15(24)12(23)10(21)7(4-18)27-14(15)25-2/h6-14,17-18,20-24H,3-4H2,1-2H3,(H,16,19)/t6-,7-,8+,9-,10+,11-,12+,13-,14+,15+/m1/s1. The highest BCUT2D eigenvalue weighted by Crippen LogP contribution is 2.39. The summed E-state index contributed by atoms with van der Waals surface area (Å²) in [5, 5.41) is 73.4. The summed E-state index contributed by atoms with van der Waals surface area (Å²) in [7, 11) is 1.12. The smallest absolute Gasteiger partial charge is 0.217 e. The van der Waals surface area contributed by atoms with Crippen LogP contribution in [0.1, 0.15) is 6.92 Å². The van der Waals surface area contributed by atoms with Crippen molar-refractivity contribution in [2.45, 2.75) is 67.6 Å². The maximum absolute atomic E-state index is 11.5.